The minimum absolute atomic E-state index is 1.11. The Morgan fingerprint density at radius 2 is 0.619 bits per heavy atom. The lowest BCUT2D eigenvalue weighted by atomic mass is 10.3. The van der Waals surface area contributed by atoms with Crippen molar-refractivity contribution in [3.8, 4) is 0 Å². The van der Waals surface area contributed by atoms with Crippen LogP contribution in [0.4, 0.5) is 0 Å². The van der Waals surface area contributed by atoms with Gasteiger partial charge in [-0.1, -0.05) is 152 Å². The van der Waals surface area contributed by atoms with Crippen LogP contribution in [0.3, 0.4) is 0 Å². The number of hydrogen-bond acceptors (Lipinski definition) is 3. The highest BCUT2D eigenvalue weighted by atomic mass is 28.5. The van der Waals surface area contributed by atoms with Crippen LogP contribution in [-0.4, -0.2) is 33.8 Å². The molecule has 0 saturated carbocycles. The van der Waals surface area contributed by atoms with E-state index in [9.17, 15) is 0 Å². The highest BCUT2D eigenvalue weighted by Gasteiger charge is 2.54. The third-order valence-corrected chi connectivity index (χ3v) is 22.6. The topological polar surface area (TPSA) is 27.7 Å². The molecule has 5 aromatic rings. The molecule has 3 nitrogen and oxygen atoms in total. The summed E-state index contributed by atoms with van der Waals surface area (Å²) in [5.74, 6) is 0. The second-order valence-electron chi connectivity index (χ2n) is 11.9. The summed E-state index contributed by atoms with van der Waals surface area (Å²) in [5, 5.41) is 5.81. The summed E-state index contributed by atoms with van der Waals surface area (Å²) >= 11 is 0. The smallest absolute Gasteiger partial charge is 0.388 e. The van der Waals surface area contributed by atoms with E-state index in [0.29, 0.717) is 0 Å². The summed E-state index contributed by atoms with van der Waals surface area (Å²) in [5.41, 5.74) is 0. The Labute approximate surface area is 255 Å². The lowest BCUT2D eigenvalue weighted by Crippen LogP contribution is -2.76. The van der Waals surface area contributed by atoms with Crippen LogP contribution in [0.1, 0.15) is 0 Å². The molecule has 0 aliphatic heterocycles. The maximum absolute atomic E-state index is 7.72. The highest BCUT2D eigenvalue weighted by Crippen LogP contribution is 2.25. The zero-order valence-electron chi connectivity index (χ0n) is 25.2. The number of benzene rings is 5. The first-order valence-corrected chi connectivity index (χ1v) is 24.5. The van der Waals surface area contributed by atoms with Gasteiger partial charge in [-0.3, -0.25) is 0 Å². The molecular formula is C35H40O3Si4. The van der Waals surface area contributed by atoms with Crippen molar-refractivity contribution in [2.75, 3.05) is 0 Å². The van der Waals surface area contributed by atoms with Gasteiger partial charge in [0.25, 0.3) is 8.32 Å². The third kappa shape index (κ3) is 6.58. The average molecular weight is 621 g/mol. The van der Waals surface area contributed by atoms with Gasteiger partial charge in [0, 0.05) is 0 Å². The monoisotopic (exact) mass is 620 g/mol. The van der Waals surface area contributed by atoms with E-state index < -0.39 is 33.8 Å². The van der Waals surface area contributed by atoms with Crippen LogP contribution in [0.25, 0.3) is 0 Å². The van der Waals surface area contributed by atoms with Gasteiger partial charge in [-0.15, -0.1) is 0 Å². The van der Waals surface area contributed by atoms with Gasteiger partial charge in [0.1, 0.15) is 0 Å². The quantitative estimate of drug-likeness (QED) is 0.144. The predicted octanol–water partition coefficient (Wildman–Crippen LogP) is 5.50. The number of hydrogen-bond donors (Lipinski definition) is 0. The van der Waals surface area contributed by atoms with E-state index in [1.54, 1.807) is 0 Å². The van der Waals surface area contributed by atoms with Crippen LogP contribution in [0.5, 0.6) is 0 Å². The molecule has 0 unspecified atom stereocenters. The van der Waals surface area contributed by atoms with Gasteiger partial charge in [0.15, 0.2) is 8.32 Å². The normalized spacial score (nSPS) is 12.7. The molecule has 0 saturated heterocycles. The molecule has 0 fully saturated rings. The van der Waals surface area contributed by atoms with Crippen molar-refractivity contribution >= 4 is 59.7 Å². The Morgan fingerprint density at radius 1 is 0.333 bits per heavy atom. The van der Waals surface area contributed by atoms with Crippen molar-refractivity contribution in [1.82, 2.24) is 0 Å². The van der Waals surface area contributed by atoms with Gasteiger partial charge in [-0.05, 0) is 58.7 Å². The van der Waals surface area contributed by atoms with Gasteiger partial charge in [-0.2, -0.15) is 0 Å². The van der Waals surface area contributed by atoms with E-state index in [-0.39, 0.29) is 0 Å². The van der Waals surface area contributed by atoms with Crippen LogP contribution in [0, 0.1) is 0 Å². The van der Waals surface area contributed by atoms with Crippen molar-refractivity contribution in [3.63, 3.8) is 0 Å². The lowest BCUT2D eigenvalue weighted by molar-refractivity contribution is 0.347. The van der Waals surface area contributed by atoms with E-state index >= 15 is 0 Å². The molecule has 0 N–H and O–H groups in total. The highest BCUT2D eigenvalue weighted by molar-refractivity contribution is 7.11. The molecule has 0 atom stereocenters. The molecule has 0 aliphatic carbocycles. The van der Waals surface area contributed by atoms with Crippen LogP contribution >= 0.6 is 0 Å². The van der Waals surface area contributed by atoms with Gasteiger partial charge < -0.3 is 12.3 Å². The standard InChI is InChI=1S/C35H40O3Si4/c1-39(2,3)36-42(34-27-17-9-18-28-34,35-29-19-10-20-30-35)38-40(4,5)37-41(31-21-11-6-12-22-31,32-23-13-7-14-24-32)33-25-15-8-16-26-33/h6-30H,1-5H3. The fraction of sp³-hybridized carbons (Fsp3) is 0.143. The maximum atomic E-state index is 7.72. The van der Waals surface area contributed by atoms with Crippen LogP contribution in [0.2, 0.25) is 32.7 Å². The molecule has 0 amide bonds. The Bertz CT molecular complexity index is 1410. The second kappa shape index (κ2) is 12.6. The van der Waals surface area contributed by atoms with Gasteiger partial charge in [0.2, 0.25) is 0 Å². The largest absolute Gasteiger partial charge is 0.430 e. The first-order valence-electron chi connectivity index (χ1n) is 14.5. The van der Waals surface area contributed by atoms with Crippen LogP contribution < -0.4 is 25.9 Å². The van der Waals surface area contributed by atoms with Gasteiger partial charge in [-0.25, -0.2) is 0 Å². The van der Waals surface area contributed by atoms with E-state index in [4.69, 9.17) is 12.3 Å². The molecule has 0 aromatic heterocycles. The Kier molecular flexibility index (Phi) is 9.10. The minimum atomic E-state index is -3.20. The van der Waals surface area contributed by atoms with E-state index in [2.05, 4.69) is 184 Å². The molecule has 0 radical (unpaired) electrons. The van der Waals surface area contributed by atoms with Crippen LogP contribution in [0.15, 0.2) is 152 Å². The molecule has 214 valence electrons. The fourth-order valence-corrected chi connectivity index (χ4v) is 23.7. The molecule has 0 heterocycles. The fourth-order valence-electron chi connectivity index (χ4n) is 5.60. The zero-order chi connectivity index (χ0) is 29.7. The number of rotatable bonds is 11. The summed E-state index contributed by atoms with van der Waals surface area (Å²) in [6, 6.07) is 53.3. The summed E-state index contributed by atoms with van der Waals surface area (Å²) in [6.45, 7) is 11.1. The lowest BCUT2D eigenvalue weighted by Gasteiger charge is -2.45. The van der Waals surface area contributed by atoms with Gasteiger partial charge >= 0.3 is 17.1 Å². The molecule has 0 aliphatic rings. The third-order valence-electron chi connectivity index (χ3n) is 7.09. The average Bonchev–Trinajstić information content (AvgIpc) is 3.01. The molecule has 5 rings (SSSR count). The van der Waals surface area contributed by atoms with Crippen LogP contribution in [-0.2, 0) is 12.3 Å². The SMILES string of the molecule is C[Si](C)(C)O[Si](O[Si](C)(C)O[Si](c1ccccc1)(c1ccccc1)c1ccccc1)(c1ccccc1)c1ccccc1. The maximum Gasteiger partial charge on any atom is 0.388 e. The van der Waals surface area contributed by atoms with E-state index in [0.717, 1.165) is 10.4 Å². The zero-order valence-corrected chi connectivity index (χ0v) is 29.2. The van der Waals surface area contributed by atoms with E-state index in [1.165, 1.54) is 15.6 Å². The molecule has 0 spiro atoms. The van der Waals surface area contributed by atoms with Gasteiger partial charge in [0.05, 0.1) is 0 Å². The summed E-state index contributed by atoms with van der Waals surface area (Å²) in [4.78, 5) is 0. The Hall–Kier alpha value is -3.15. The predicted molar refractivity (Wildman–Crippen MR) is 186 cm³/mol. The summed E-state index contributed by atoms with van der Waals surface area (Å²) in [7, 11) is -11.3. The Morgan fingerprint density at radius 3 is 0.905 bits per heavy atom. The summed E-state index contributed by atoms with van der Waals surface area (Å²) < 4.78 is 22.6. The Balaban J connectivity index is 1.73. The first-order chi connectivity index (χ1) is 20.1. The molecule has 42 heavy (non-hydrogen) atoms. The molecule has 7 heteroatoms. The molecular weight excluding hydrogens is 581 g/mol. The molecule has 5 aromatic carbocycles. The van der Waals surface area contributed by atoms with Crippen molar-refractivity contribution in [2.24, 2.45) is 0 Å². The second-order valence-corrected chi connectivity index (χ2v) is 26.9. The van der Waals surface area contributed by atoms with E-state index in [1.807, 2.05) is 0 Å². The summed E-state index contributed by atoms with van der Waals surface area (Å²) in [6.07, 6.45) is 0. The first kappa shape index (κ1) is 30.3. The molecule has 0 bridgehead atoms. The van der Waals surface area contributed by atoms with Crippen molar-refractivity contribution in [1.29, 1.82) is 0 Å². The van der Waals surface area contributed by atoms with Crippen molar-refractivity contribution in [3.05, 3.63) is 152 Å². The minimum Gasteiger partial charge on any atom is -0.430 e. The van der Waals surface area contributed by atoms with Crippen molar-refractivity contribution < 1.29 is 12.3 Å². The van der Waals surface area contributed by atoms with Crippen molar-refractivity contribution in [2.45, 2.75) is 32.7 Å².